The van der Waals surface area contributed by atoms with Gasteiger partial charge in [0.2, 0.25) is 0 Å². The van der Waals surface area contributed by atoms with E-state index in [-0.39, 0.29) is 12.5 Å². The molecule has 1 aromatic carbocycles. The van der Waals surface area contributed by atoms with E-state index in [1.54, 1.807) is 38.1 Å². The lowest BCUT2D eigenvalue weighted by Gasteiger charge is -2.39. The number of aliphatic hydroxyl groups is 1. The Labute approximate surface area is 140 Å². The van der Waals surface area contributed by atoms with Crippen LogP contribution in [0.25, 0.3) is 0 Å². The summed E-state index contributed by atoms with van der Waals surface area (Å²) in [5, 5.41) is 20.5. The van der Waals surface area contributed by atoms with Crippen LogP contribution in [0, 0.1) is 5.92 Å². The number of benzene rings is 1. The predicted molar refractivity (Wildman–Crippen MR) is 87.9 cm³/mol. The summed E-state index contributed by atoms with van der Waals surface area (Å²) in [7, 11) is 0. The van der Waals surface area contributed by atoms with Gasteiger partial charge in [0, 0.05) is 0 Å². The average molecular weight is 337 g/mol. The third kappa shape index (κ3) is 4.77. The molecule has 1 aromatic rings. The summed E-state index contributed by atoms with van der Waals surface area (Å²) in [5.74, 6) is -0.279. The van der Waals surface area contributed by atoms with Crippen molar-refractivity contribution in [2.75, 3.05) is 5.43 Å². The maximum absolute atomic E-state index is 11.7. The van der Waals surface area contributed by atoms with E-state index in [4.69, 9.17) is 5.11 Å². The van der Waals surface area contributed by atoms with Crippen molar-refractivity contribution in [3.05, 3.63) is 29.8 Å². The number of hydrazine groups is 2. The Kier molecular flexibility index (Phi) is 7.34. The van der Waals surface area contributed by atoms with Gasteiger partial charge in [0.15, 0.2) is 0 Å². The molecule has 0 aliphatic heterocycles. The summed E-state index contributed by atoms with van der Waals surface area (Å²) >= 11 is 0. The summed E-state index contributed by atoms with van der Waals surface area (Å²) in [6, 6.07) is 4.82. The van der Waals surface area contributed by atoms with Crippen LogP contribution < -0.4 is 5.43 Å². The van der Waals surface area contributed by atoms with Gasteiger partial charge in [0.1, 0.15) is 24.7 Å². The second kappa shape index (κ2) is 8.99. The number of carbonyl (C=O) groups excluding carboxylic acids is 2. The Balaban J connectivity index is 3.18. The van der Waals surface area contributed by atoms with E-state index in [1.807, 2.05) is 0 Å². The van der Waals surface area contributed by atoms with Gasteiger partial charge >= 0.3 is 6.09 Å². The highest BCUT2D eigenvalue weighted by Gasteiger charge is 2.34. The van der Waals surface area contributed by atoms with Crippen LogP contribution in [-0.4, -0.2) is 51.1 Å². The van der Waals surface area contributed by atoms with Gasteiger partial charge in [-0.1, -0.05) is 26.0 Å². The van der Waals surface area contributed by atoms with Crippen molar-refractivity contribution in [1.82, 2.24) is 10.1 Å². The zero-order chi connectivity index (χ0) is 18.3. The number of aliphatic hydroxyl groups excluding tert-OH is 1. The fourth-order valence-electron chi connectivity index (χ4n) is 2.09. The van der Waals surface area contributed by atoms with Crippen LogP contribution in [0.3, 0.4) is 0 Å². The second-order valence-electron chi connectivity index (χ2n) is 5.69. The summed E-state index contributed by atoms with van der Waals surface area (Å²) < 4.78 is 0. The summed E-state index contributed by atoms with van der Waals surface area (Å²) in [4.78, 5) is 34.3. The minimum Gasteiger partial charge on any atom is -0.464 e. The molecule has 2 atom stereocenters. The monoisotopic (exact) mass is 337 g/mol. The fraction of sp³-hybridized carbons (Fsp3) is 0.438. The number of carbonyl (C=O) groups is 3. The molecule has 0 aromatic heterocycles. The zero-order valence-corrected chi connectivity index (χ0v) is 13.9. The number of nitrogens with one attached hydrogen (secondary N) is 1. The Morgan fingerprint density at radius 1 is 1.17 bits per heavy atom. The third-order valence-corrected chi connectivity index (χ3v) is 3.50. The maximum Gasteiger partial charge on any atom is 0.424 e. The Bertz CT molecular complexity index is 561. The zero-order valence-electron chi connectivity index (χ0n) is 13.9. The molecule has 24 heavy (non-hydrogen) atoms. The van der Waals surface area contributed by atoms with E-state index < -0.39 is 18.2 Å². The SMILES string of the molecule is CC(C)[C@@H](C=O)N(C(=O)O)N(Nc1ccc(CO)cc1)[C@@H](C)C=O. The van der Waals surface area contributed by atoms with Crippen molar-refractivity contribution in [2.45, 2.75) is 39.5 Å². The van der Waals surface area contributed by atoms with Crippen LogP contribution in [0.2, 0.25) is 0 Å². The van der Waals surface area contributed by atoms with Gasteiger partial charge in [0.05, 0.1) is 12.3 Å². The average Bonchev–Trinajstić information content (AvgIpc) is 2.57. The Hall–Kier alpha value is -2.45. The van der Waals surface area contributed by atoms with Crippen molar-refractivity contribution in [3.8, 4) is 0 Å². The predicted octanol–water partition coefficient (Wildman–Crippen LogP) is 1.51. The lowest BCUT2D eigenvalue weighted by atomic mass is 10.1. The van der Waals surface area contributed by atoms with Gasteiger partial charge in [0.25, 0.3) is 0 Å². The van der Waals surface area contributed by atoms with E-state index in [1.165, 1.54) is 6.92 Å². The molecular formula is C16H23N3O5. The van der Waals surface area contributed by atoms with Crippen molar-refractivity contribution in [1.29, 1.82) is 0 Å². The molecule has 0 aliphatic carbocycles. The largest absolute Gasteiger partial charge is 0.464 e. The number of carboxylic acid groups (broad SMARTS) is 1. The van der Waals surface area contributed by atoms with Crippen molar-refractivity contribution in [3.63, 3.8) is 0 Å². The number of hydrogen-bond donors (Lipinski definition) is 3. The normalized spacial score (nSPS) is 13.4. The van der Waals surface area contributed by atoms with Gasteiger partial charge < -0.3 is 25.2 Å². The number of aldehydes is 2. The minimum atomic E-state index is -1.35. The van der Waals surface area contributed by atoms with Crippen LogP contribution >= 0.6 is 0 Å². The van der Waals surface area contributed by atoms with Gasteiger partial charge in [-0.05, 0) is 30.5 Å². The number of anilines is 1. The standard InChI is InChI=1S/C16H23N3O5/c1-11(2)15(10-22)18(16(23)24)19(12(3)8-20)17-14-6-4-13(9-21)5-7-14/h4-8,10-12,15,17,21H,9H2,1-3H3,(H,23,24)/t12-,15+/m0/s1. The van der Waals surface area contributed by atoms with Crippen LogP contribution in [0.15, 0.2) is 24.3 Å². The van der Waals surface area contributed by atoms with E-state index >= 15 is 0 Å². The highest BCUT2D eigenvalue weighted by Crippen LogP contribution is 2.18. The first-order valence-corrected chi connectivity index (χ1v) is 7.54. The molecule has 8 heteroatoms. The molecule has 3 N–H and O–H groups in total. The van der Waals surface area contributed by atoms with Crippen LogP contribution in [0.1, 0.15) is 26.3 Å². The Morgan fingerprint density at radius 2 is 1.75 bits per heavy atom. The van der Waals surface area contributed by atoms with Crippen molar-refractivity contribution >= 4 is 24.4 Å². The first-order chi connectivity index (χ1) is 11.3. The number of amides is 1. The van der Waals surface area contributed by atoms with Gasteiger partial charge in [-0.25, -0.2) is 9.80 Å². The first kappa shape index (κ1) is 19.6. The molecule has 8 nitrogen and oxygen atoms in total. The lowest BCUT2D eigenvalue weighted by molar-refractivity contribution is -0.129. The molecule has 0 saturated carbocycles. The number of hydrogen-bond acceptors (Lipinski definition) is 6. The molecule has 0 radical (unpaired) electrons. The number of rotatable bonds is 9. The second-order valence-corrected chi connectivity index (χ2v) is 5.69. The highest BCUT2D eigenvalue weighted by atomic mass is 16.4. The molecule has 0 unspecified atom stereocenters. The molecule has 0 heterocycles. The quantitative estimate of drug-likeness (QED) is 0.463. The van der Waals surface area contributed by atoms with Crippen molar-refractivity contribution < 1.29 is 24.6 Å². The van der Waals surface area contributed by atoms with Gasteiger partial charge in [-0.15, -0.1) is 5.12 Å². The summed E-state index contributed by atoms with van der Waals surface area (Å²) in [6.45, 7) is 4.83. The van der Waals surface area contributed by atoms with Gasteiger partial charge in [-0.3, -0.25) is 0 Å². The molecule has 0 fully saturated rings. The van der Waals surface area contributed by atoms with Crippen LogP contribution in [0.5, 0.6) is 0 Å². The minimum absolute atomic E-state index is 0.115. The summed E-state index contributed by atoms with van der Waals surface area (Å²) in [5.41, 5.74) is 4.05. The third-order valence-electron chi connectivity index (χ3n) is 3.50. The smallest absolute Gasteiger partial charge is 0.424 e. The molecular weight excluding hydrogens is 314 g/mol. The first-order valence-electron chi connectivity index (χ1n) is 7.54. The van der Waals surface area contributed by atoms with Crippen LogP contribution in [0.4, 0.5) is 10.5 Å². The maximum atomic E-state index is 11.7. The lowest BCUT2D eigenvalue weighted by Crippen LogP contribution is -2.59. The van der Waals surface area contributed by atoms with Crippen LogP contribution in [-0.2, 0) is 16.2 Å². The highest BCUT2D eigenvalue weighted by molar-refractivity contribution is 5.72. The molecule has 0 bridgehead atoms. The molecule has 0 aliphatic rings. The van der Waals surface area contributed by atoms with E-state index in [0.29, 0.717) is 23.8 Å². The fourth-order valence-corrected chi connectivity index (χ4v) is 2.09. The molecule has 0 saturated heterocycles. The van der Waals surface area contributed by atoms with E-state index in [2.05, 4.69) is 5.43 Å². The molecule has 1 rings (SSSR count). The molecule has 1 amide bonds. The van der Waals surface area contributed by atoms with E-state index in [9.17, 15) is 19.5 Å². The topological polar surface area (TPSA) is 110 Å². The molecule has 0 spiro atoms. The van der Waals surface area contributed by atoms with Crippen molar-refractivity contribution in [2.24, 2.45) is 5.92 Å². The van der Waals surface area contributed by atoms with E-state index in [0.717, 1.165) is 10.1 Å². The summed E-state index contributed by atoms with van der Waals surface area (Å²) in [6.07, 6.45) is -0.235. The Morgan fingerprint density at radius 3 is 2.12 bits per heavy atom. The molecule has 132 valence electrons. The number of nitrogens with zero attached hydrogens (tertiary/aromatic N) is 2. The van der Waals surface area contributed by atoms with Gasteiger partial charge in [-0.2, -0.15) is 0 Å².